The minimum absolute atomic E-state index is 0.172. The van der Waals surface area contributed by atoms with Crippen LogP contribution in [0.2, 0.25) is 0 Å². The van der Waals surface area contributed by atoms with Gasteiger partial charge in [0.25, 0.3) is 0 Å². The predicted molar refractivity (Wildman–Crippen MR) is 66.2 cm³/mol. The van der Waals surface area contributed by atoms with E-state index in [-0.39, 0.29) is 11.1 Å². The Morgan fingerprint density at radius 1 is 1.50 bits per heavy atom. The summed E-state index contributed by atoms with van der Waals surface area (Å²) in [6.07, 6.45) is 1.79. The minimum Gasteiger partial charge on any atom is -0.384 e. The topological polar surface area (TPSA) is 20.2 Å². The number of aryl methyl sites for hydroxylation is 1. The Morgan fingerprint density at radius 3 is 2.88 bits per heavy atom. The van der Waals surface area contributed by atoms with Crippen molar-refractivity contribution in [1.29, 1.82) is 0 Å². The molecule has 1 aromatic carbocycles. The molecule has 3 heteroatoms. The molecule has 1 fully saturated rings. The zero-order valence-electron chi connectivity index (χ0n) is 9.66. The van der Waals surface area contributed by atoms with Gasteiger partial charge in [-0.15, -0.1) is 0 Å². The van der Waals surface area contributed by atoms with Crippen LogP contribution in [0.5, 0.6) is 0 Å². The number of benzene rings is 1. The molecular weight excluding hydrogens is 223 g/mol. The van der Waals surface area contributed by atoms with Gasteiger partial charge < -0.3 is 5.11 Å². The zero-order valence-corrected chi connectivity index (χ0v) is 10.5. The Morgan fingerprint density at radius 2 is 2.25 bits per heavy atom. The van der Waals surface area contributed by atoms with Crippen LogP contribution in [-0.4, -0.2) is 16.1 Å². The van der Waals surface area contributed by atoms with Crippen LogP contribution in [0.25, 0.3) is 0 Å². The highest BCUT2D eigenvalue weighted by Gasteiger charge is 2.39. The molecule has 0 aromatic heterocycles. The van der Waals surface area contributed by atoms with Crippen molar-refractivity contribution < 1.29 is 9.50 Å². The van der Waals surface area contributed by atoms with Crippen LogP contribution in [0, 0.1) is 12.7 Å². The first-order valence-corrected chi connectivity index (χ1v) is 6.69. The van der Waals surface area contributed by atoms with Gasteiger partial charge in [0.2, 0.25) is 0 Å². The van der Waals surface area contributed by atoms with Gasteiger partial charge in [-0.25, -0.2) is 4.39 Å². The first-order valence-electron chi connectivity index (χ1n) is 5.64. The van der Waals surface area contributed by atoms with Gasteiger partial charge in [0.05, 0.1) is 0 Å². The van der Waals surface area contributed by atoms with Crippen molar-refractivity contribution in [3.05, 3.63) is 35.1 Å². The third-order valence-corrected chi connectivity index (χ3v) is 4.81. The molecule has 0 saturated carbocycles. The zero-order chi connectivity index (χ0) is 11.8. The minimum atomic E-state index is -0.791. The molecule has 1 aromatic rings. The summed E-state index contributed by atoms with van der Waals surface area (Å²) in [6.45, 7) is 3.91. The highest BCUT2D eigenvalue weighted by Crippen LogP contribution is 2.42. The van der Waals surface area contributed by atoms with E-state index in [1.165, 1.54) is 12.1 Å². The molecule has 0 radical (unpaired) electrons. The van der Waals surface area contributed by atoms with Gasteiger partial charge in [0.1, 0.15) is 11.4 Å². The van der Waals surface area contributed by atoms with Gasteiger partial charge >= 0.3 is 0 Å². The van der Waals surface area contributed by atoms with E-state index in [2.05, 4.69) is 0 Å². The molecule has 2 atom stereocenters. The average molecular weight is 240 g/mol. The second-order valence-electron chi connectivity index (χ2n) is 4.50. The third-order valence-electron chi connectivity index (χ3n) is 3.40. The quantitative estimate of drug-likeness (QED) is 0.813. The van der Waals surface area contributed by atoms with E-state index in [1.807, 2.05) is 13.8 Å². The Bertz CT molecular complexity index is 394. The van der Waals surface area contributed by atoms with E-state index < -0.39 is 5.60 Å². The van der Waals surface area contributed by atoms with Gasteiger partial charge in [-0.3, -0.25) is 0 Å². The van der Waals surface area contributed by atoms with E-state index >= 15 is 0 Å². The summed E-state index contributed by atoms with van der Waals surface area (Å²) in [7, 11) is 0. The lowest BCUT2D eigenvalue weighted by molar-refractivity contribution is 0.0248. The summed E-state index contributed by atoms with van der Waals surface area (Å²) in [5.74, 6) is 0.866. The maximum Gasteiger partial charge on any atom is 0.123 e. The highest BCUT2D eigenvalue weighted by molar-refractivity contribution is 8.00. The van der Waals surface area contributed by atoms with Crippen molar-refractivity contribution in [1.82, 2.24) is 0 Å². The van der Waals surface area contributed by atoms with Crippen LogP contribution in [0.3, 0.4) is 0 Å². The average Bonchev–Trinajstić information content (AvgIpc) is 2.22. The summed E-state index contributed by atoms with van der Waals surface area (Å²) in [6, 6.07) is 4.67. The van der Waals surface area contributed by atoms with E-state index in [4.69, 9.17) is 0 Å². The number of hydrogen-bond donors (Lipinski definition) is 1. The van der Waals surface area contributed by atoms with E-state index in [9.17, 15) is 9.50 Å². The van der Waals surface area contributed by atoms with E-state index in [0.29, 0.717) is 0 Å². The van der Waals surface area contributed by atoms with Gasteiger partial charge in [0.15, 0.2) is 0 Å². The number of halogens is 1. The lowest BCUT2D eigenvalue weighted by atomic mass is 9.83. The summed E-state index contributed by atoms with van der Waals surface area (Å²) in [5, 5.41) is 10.9. The van der Waals surface area contributed by atoms with Crippen molar-refractivity contribution in [2.24, 2.45) is 0 Å². The molecule has 1 N–H and O–H groups in total. The lowest BCUT2D eigenvalue weighted by Crippen LogP contribution is -2.39. The predicted octanol–water partition coefficient (Wildman–Crippen LogP) is 3.24. The van der Waals surface area contributed by atoms with Crippen molar-refractivity contribution in [2.45, 2.75) is 37.5 Å². The summed E-state index contributed by atoms with van der Waals surface area (Å²) in [5.41, 5.74) is 0.936. The Kier molecular flexibility index (Phi) is 3.27. The van der Waals surface area contributed by atoms with Crippen LogP contribution in [0.15, 0.2) is 18.2 Å². The van der Waals surface area contributed by atoms with Gasteiger partial charge in [-0.05, 0) is 48.8 Å². The molecule has 1 heterocycles. The molecule has 1 nitrogen and oxygen atoms in total. The second kappa shape index (κ2) is 4.38. The molecular formula is C13H17FOS. The summed E-state index contributed by atoms with van der Waals surface area (Å²) >= 11 is 1.79. The number of thioether (sulfide) groups is 1. The Labute approximate surface area is 100 Å². The molecule has 1 aliphatic heterocycles. The molecule has 2 unspecified atom stereocenters. The second-order valence-corrected chi connectivity index (χ2v) is 5.95. The third kappa shape index (κ3) is 1.98. The molecule has 0 bridgehead atoms. The molecule has 0 amide bonds. The van der Waals surface area contributed by atoms with Gasteiger partial charge in [-0.2, -0.15) is 11.8 Å². The van der Waals surface area contributed by atoms with Crippen molar-refractivity contribution in [3.8, 4) is 0 Å². The van der Waals surface area contributed by atoms with Crippen molar-refractivity contribution in [3.63, 3.8) is 0 Å². The first-order chi connectivity index (χ1) is 7.54. The smallest absolute Gasteiger partial charge is 0.123 e. The maximum atomic E-state index is 13.0. The van der Waals surface area contributed by atoms with Crippen LogP contribution in [0.1, 0.15) is 30.9 Å². The number of hydrogen-bond acceptors (Lipinski definition) is 2. The fourth-order valence-corrected chi connectivity index (χ4v) is 3.59. The number of rotatable bonds is 1. The Balaban J connectivity index is 2.41. The summed E-state index contributed by atoms with van der Waals surface area (Å²) in [4.78, 5) is 0. The van der Waals surface area contributed by atoms with Crippen LogP contribution < -0.4 is 0 Å². The first kappa shape index (κ1) is 11.9. The molecule has 1 saturated heterocycles. The largest absolute Gasteiger partial charge is 0.384 e. The standard InChI is InChI=1S/C13H17FOS/c1-9-8-11(14)4-5-12(9)13(15)6-3-7-16-10(13)2/h4-5,8,10,15H,3,6-7H2,1-2H3. The molecule has 88 valence electrons. The number of aliphatic hydroxyl groups is 1. The van der Waals surface area contributed by atoms with Crippen LogP contribution in [0.4, 0.5) is 4.39 Å². The van der Waals surface area contributed by atoms with E-state index in [0.717, 1.165) is 29.7 Å². The van der Waals surface area contributed by atoms with Crippen LogP contribution in [-0.2, 0) is 5.60 Å². The van der Waals surface area contributed by atoms with Crippen molar-refractivity contribution in [2.75, 3.05) is 5.75 Å². The monoisotopic (exact) mass is 240 g/mol. The Hall–Kier alpha value is -0.540. The maximum absolute atomic E-state index is 13.0. The van der Waals surface area contributed by atoms with Crippen molar-refractivity contribution >= 4 is 11.8 Å². The SMILES string of the molecule is Cc1cc(F)ccc1C1(O)CCCSC1C. The molecule has 2 rings (SSSR count). The van der Waals surface area contributed by atoms with E-state index in [1.54, 1.807) is 17.8 Å². The molecule has 0 aliphatic carbocycles. The summed E-state index contributed by atoms with van der Waals surface area (Å²) < 4.78 is 13.0. The highest BCUT2D eigenvalue weighted by atomic mass is 32.2. The fraction of sp³-hybridized carbons (Fsp3) is 0.538. The van der Waals surface area contributed by atoms with Gasteiger partial charge in [-0.1, -0.05) is 13.0 Å². The molecule has 1 aliphatic rings. The fourth-order valence-electron chi connectivity index (χ4n) is 2.41. The normalized spacial score (nSPS) is 30.4. The van der Waals surface area contributed by atoms with Crippen LogP contribution >= 0.6 is 11.8 Å². The molecule has 16 heavy (non-hydrogen) atoms. The lowest BCUT2D eigenvalue weighted by Gasteiger charge is -2.39. The van der Waals surface area contributed by atoms with Gasteiger partial charge in [0, 0.05) is 5.25 Å². The molecule has 0 spiro atoms.